The molecule has 0 radical (unpaired) electrons. The Morgan fingerprint density at radius 2 is 2.00 bits per heavy atom. The van der Waals surface area contributed by atoms with Crippen molar-refractivity contribution >= 4 is 5.91 Å². The Labute approximate surface area is 81.3 Å². The first-order valence-electron chi connectivity index (χ1n) is 5.21. The van der Waals surface area contributed by atoms with E-state index in [-0.39, 0.29) is 5.41 Å². The summed E-state index contributed by atoms with van der Waals surface area (Å²) in [7, 11) is 1.92. The summed E-state index contributed by atoms with van der Waals surface area (Å²) in [5, 5.41) is 0. The molecule has 1 rings (SSSR count). The third-order valence-corrected chi connectivity index (χ3v) is 2.90. The molecule has 0 aromatic rings. The molecule has 1 aliphatic carbocycles. The van der Waals surface area contributed by atoms with Gasteiger partial charge in [-0.1, -0.05) is 20.8 Å². The van der Waals surface area contributed by atoms with Gasteiger partial charge in [0.05, 0.1) is 0 Å². The van der Waals surface area contributed by atoms with E-state index >= 15 is 0 Å². The van der Waals surface area contributed by atoms with Crippen LogP contribution >= 0.6 is 0 Å². The van der Waals surface area contributed by atoms with Crippen LogP contribution in [0.5, 0.6) is 0 Å². The molecule has 0 aromatic heterocycles. The highest BCUT2D eigenvalue weighted by atomic mass is 16.2. The molecule has 0 saturated heterocycles. The monoisotopic (exact) mass is 183 g/mol. The van der Waals surface area contributed by atoms with E-state index in [0.717, 1.165) is 25.8 Å². The molecule has 1 saturated carbocycles. The second kappa shape index (κ2) is 3.69. The quantitative estimate of drug-likeness (QED) is 0.655. The lowest BCUT2D eigenvalue weighted by Gasteiger charge is -2.21. The molecule has 0 aliphatic heterocycles. The zero-order chi connectivity index (χ0) is 10.1. The van der Waals surface area contributed by atoms with Gasteiger partial charge >= 0.3 is 0 Å². The minimum atomic E-state index is 0.00568. The average molecular weight is 183 g/mol. The Morgan fingerprint density at radius 3 is 2.38 bits per heavy atom. The molecule has 0 bridgehead atoms. The van der Waals surface area contributed by atoms with Crippen molar-refractivity contribution in [1.82, 2.24) is 4.90 Å². The van der Waals surface area contributed by atoms with Gasteiger partial charge in [-0.25, -0.2) is 0 Å². The number of carbonyl (C=O) groups excluding carboxylic acids is 1. The van der Waals surface area contributed by atoms with E-state index in [2.05, 4.69) is 20.8 Å². The molecule has 1 aliphatic rings. The molecular formula is C11H21NO. The molecule has 2 nitrogen and oxygen atoms in total. The van der Waals surface area contributed by atoms with E-state index in [1.54, 1.807) is 0 Å². The van der Waals surface area contributed by atoms with Crippen LogP contribution in [0.1, 0.15) is 40.0 Å². The highest BCUT2D eigenvalue weighted by Gasteiger charge is 2.46. The Morgan fingerprint density at radius 1 is 1.46 bits per heavy atom. The molecule has 0 unspecified atom stereocenters. The van der Waals surface area contributed by atoms with Crippen molar-refractivity contribution in [1.29, 1.82) is 0 Å². The first-order chi connectivity index (χ1) is 5.96. The Bertz CT molecular complexity index is 194. The topological polar surface area (TPSA) is 20.3 Å². The number of hydrogen-bond donors (Lipinski definition) is 0. The Balaban J connectivity index is 2.30. The summed E-state index contributed by atoms with van der Waals surface area (Å²) in [6, 6.07) is 0. The van der Waals surface area contributed by atoms with Gasteiger partial charge in [0.2, 0.25) is 5.91 Å². The first-order valence-corrected chi connectivity index (χ1v) is 5.21. The molecule has 1 fully saturated rings. The summed E-state index contributed by atoms with van der Waals surface area (Å²) in [6.07, 6.45) is 3.27. The Hall–Kier alpha value is -0.530. The minimum Gasteiger partial charge on any atom is -0.345 e. The molecule has 1 amide bonds. The van der Waals surface area contributed by atoms with Crippen molar-refractivity contribution in [3.63, 3.8) is 0 Å². The van der Waals surface area contributed by atoms with Crippen molar-refractivity contribution in [3.05, 3.63) is 0 Å². The summed E-state index contributed by atoms with van der Waals surface area (Å²) in [5.74, 6) is 1.02. The average Bonchev–Trinajstić information content (AvgIpc) is 2.79. The molecule has 0 heterocycles. The lowest BCUT2D eigenvalue weighted by molar-refractivity contribution is -0.135. The number of nitrogens with zero attached hydrogens (tertiary/aromatic N) is 1. The molecule has 0 spiro atoms. The summed E-state index contributed by atoms with van der Waals surface area (Å²) in [4.78, 5) is 13.7. The van der Waals surface area contributed by atoms with E-state index in [4.69, 9.17) is 0 Å². The van der Waals surface area contributed by atoms with Crippen LogP contribution in [0.4, 0.5) is 0 Å². The fraction of sp³-hybridized carbons (Fsp3) is 0.909. The zero-order valence-electron chi connectivity index (χ0n) is 9.26. The molecule has 13 heavy (non-hydrogen) atoms. The molecule has 76 valence electrons. The van der Waals surface area contributed by atoms with Crippen LogP contribution in [-0.2, 0) is 4.79 Å². The molecule has 0 N–H and O–H groups in total. The predicted octanol–water partition coefficient (Wildman–Crippen LogP) is 2.29. The maximum Gasteiger partial charge on any atom is 0.228 e. The maximum absolute atomic E-state index is 11.8. The predicted molar refractivity (Wildman–Crippen MR) is 54.4 cm³/mol. The highest BCUT2D eigenvalue weighted by Crippen LogP contribution is 2.46. The van der Waals surface area contributed by atoms with E-state index in [9.17, 15) is 4.79 Å². The summed E-state index contributed by atoms with van der Waals surface area (Å²) in [5.41, 5.74) is 0.00568. The summed E-state index contributed by atoms with van der Waals surface area (Å²) < 4.78 is 0. The van der Waals surface area contributed by atoms with Crippen LogP contribution in [0.15, 0.2) is 0 Å². The van der Waals surface area contributed by atoms with Crippen molar-refractivity contribution < 1.29 is 4.79 Å². The highest BCUT2D eigenvalue weighted by molar-refractivity contribution is 5.84. The van der Waals surface area contributed by atoms with Crippen LogP contribution < -0.4 is 0 Å². The number of amides is 1. The number of carbonyl (C=O) groups is 1. The van der Waals surface area contributed by atoms with Crippen LogP contribution in [-0.4, -0.2) is 24.4 Å². The van der Waals surface area contributed by atoms with Gasteiger partial charge < -0.3 is 4.90 Å². The summed E-state index contributed by atoms with van der Waals surface area (Å²) >= 11 is 0. The van der Waals surface area contributed by atoms with Gasteiger partial charge in [0.1, 0.15) is 0 Å². The molecular weight excluding hydrogens is 162 g/mol. The smallest absolute Gasteiger partial charge is 0.228 e. The van der Waals surface area contributed by atoms with Crippen LogP contribution in [0.3, 0.4) is 0 Å². The standard InChI is InChI=1S/C11H21NO/c1-9(2)5-8-12(4)10(13)11(3)6-7-11/h9H,5-8H2,1-4H3. The number of rotatable bonds is 4. The van der Waals surface area contributed by atoms with Gasteiger partial charge in [-0.3, -0.25) is 4.79 Å². The van der Waals surface area contributed by atoms with Crippen molar-refractivity contribution in [3.8, 4) is 0 Å². The van der Waals surface area contributed by atoms with E-state index in [1.165, 1.54) is 0 Å². The van der Waals surface area contributed by atoms with Gasteiger partial charge in [-0.15, -0.1) is 0 Å². The molecule has 0 atom stereocenters. The van der Waals surface area contributed by atoms with E-state index < -0.39 is 0 Å². The van der Waals surface area contributed by atoms with Gasteiger partial charge in [0.15, 0.2) is 0 Å². The lowest BCUT2D eigenvalue weighted by atomic mass is 10.1. The van der Waals surface area contributed by atoms with E-state index in [0.29, 0.717) is 11.8 Å². The van der Waals surface area contributed by atoms with Crippen LogP contribution in [0.25, 0.3) is 0 Å². The first kappa shape index (κ1) is 10.6. The molecule has 0 aromatic carbocycles. The summed E-state index contributed by atoms with van der Waals surface area (Å²) in [6.45, 7) is 7.36. The second-order valence-electron chi connectivity index (χ2n) is 4.97. The van der Waals surface area contributed by atoms with Crippen molar-refractivity contribution in [2.45, 2.75) is 40.0 Å². The van der Waals surface area contributed by atoms with Gasteiger partial charge in [-0.05, 0) is 25.2 Å². The fourth-order valence-electron chi connectivity index (χ4n) is 1.42. The largest absolute Gasteiger partial charge is 0.345 e. The van der Waals surface area contributed by atoms with Gasteiger partial charge in [0, 0.05) is 19.0 Å². The zero-order valence-corrected chi connectivity index (χ0v) is 9.26. The third-order valence-electron chi connectivity index (χ3n) is 2.90. The van der Waals surface area contributed by atoms with Crippen molar-refractivity contribution in [2.75, 3.05) is 13.6 Å². The van der Waals surface area contributed by atoms with Crippen LogP contribution in [0, 0.1) is 11.3 Å². The third kappa shape index (κ3) is 2.71. The lowest BCUT2D eigenvalue weighted by Crippen LogP contribution is -2.33. The van der Waals surface area contributed by atoms with E-state index in [1.807, 2.05) is 11.9 Å². The molecule has 2 heteroatoms. The van der Waals surface area contributed by atoms with Gasteiger partial charge in [0.25, 0.3) is 0 Å². The maximum atomic E-state index is 11.8. The fourth-order valence-corrected chi connectivity index (χ4v) is 1.42. The van der Waals surface area contributed by atoms with Crippen molar-refractivity contribution in [2.24, 2.45) is 11.3 Å². The SMILES string of the molecule is CC(C)CCN(C)C(=O)C1(C)CC1. The number of hydrogen-bond acceptors (Lipinski definition) is 1. The minimum absolute atomic E-state index is 0.00568. The Kier molecular flexibility index (Phi) is 2.99. The normalized spacial score (nSPS) is 18.8. The van der Waals surface area contributed by atoms with Gasteiger partial charge in [-0.2, -0.15) is 0 Å². The van der Waals surface area contributed by atoms with Crippen LogP contribution in [0.2, 0.25) is 0 Å². The second-order valence-corrected chi connectivity index (χ2v) is 4.97.